The van der Waals surface area contributed by atoms with Gasteiger partial charge in [0.2, 0.25) is 0 Å². The average molecular weight is 305 g/mol. The number of hydrogen-bond acceptors (Lipinski definition) is 0. The minimum atomic E-state index is 1.16. The molecule has 0 spiro atoms. The topological polar surface area (TPSA) is 0 Å². The largest absolute Gasteiger partial charge is 0.0917 e. The molecule has 0 heterocycles. The van der Waals surface area contributed by atoms with Crippen molar-refractivity contribution in [2.45, 2.75) is 128 Å². The summed E-state index contributed by atoms with van der Waals surface area (Å²) in [5.41, 5.74) is 0. The lowest BCUT2D eigenvalue weighted by molar-refractivity contribution is 0.656. The van der Waals surface area contributed by atoms with Crippen molar-refractivity contribution in [3.63, 3.8) is 0 Å². The Balaban J connectivity index is -0.0000000355. The molecule has 0 rings (SSSR count). The molecule has 0 heteroatoms. The van der Waals surface area contributed by atoms with Crippen LogP contribution in [0.2, 0.25) is 0 Å². The number of allylic oxidation sites excluding steroid dienone is 2. The first-order chi connectivity index (χ1) is 10.2. The van der Waals surface area contributed by atoms with E-state index in [9.17, 15) is 0 Å². The van der Waals surface area contributed by atoms with Crippen molar-refractivity contribution in [2.24, 2.45) is 0 Å². The third kappa shape index (κ3) is 189. The zero-order chi connectivity index (χ0) is 18.4. The van der Waals surface area contributed by atoms with E-state index in [-0.39, 0.29) is 0 Å². The smallest absolute Gasteiger partial charge is 0.0379 e. The molecule has 0 unspecified atom stereocenters. The summed E-state index contributed by atoms with van der Waals surface area (Å²) < 4.78 is 0. The maximum Gasteiger partial charge on any atom is -0.0379 e. The van der Waals surface area contributed by atoms with E-state index >= 15 is 0 Å². The number of hydrogen-bond donors (Lipinski definition) is 0. The first-order valence-electron chi connectivity index (χ1n) is 9.85. The number of unbranched alkanes of at least 4 members (excludes halogenated alkanes) is 4. The normalized spacial score (nSPS) is 7.24. The highest BCUT2D eigenvalue weighted by atomic mass is 13.9. The van der Waals surface area contributed by atoms with Gasteiger partial charge in [0.15, 0.2) is 0 Å². The van der Waals surface area contributed by atoms with E-state index in [0.717, 1.165) is 6.42 Å². The lowest BCUT2D eigenvalue weighted by Gasteiger charge is -1.90. The molecule has 0 nitrogen and oxygen atoms in total. The number of rotatable bonds is 5. The lowest BCUT2D eigenvalue weighted by Crippen LogP contribution is -1.70. The molecule has 0 radical (unpaired) electrons. The summed E-state index contributed by atoms with van der Waals surface area (Å²) in [6.45, 7) is 24.9. The van der Waals surface area contributed by atoms with Crippen molar-refractivity contribution < 1.29 is 0 Å². The Morgan fingerprint density at radius 2 is 0.857 bits per heavy atom. The molecular formula is C21H52. The predicted molar refractivity (Wildman–Crippen MR) is 110 cm³/mol. The van der Waals surface area contributed by atoms with Gasteiger partial charge in [-0.1, -0.05) is 127 Å². The molecule has 0 amide bonds. The maximum atomic E-state index is 2.25. The average Bonchev–Trinajstić information content (AvgIpc) is 2.56. The SMILES string of the molecule is CC.CC.CC.CC=CCC.CCC.CCCCCCC. The van der Waals surface area contributed by atoms with Gasteiger partial charge in [-0.3, -0.25) is 0 Å². The molecule has 0 aromatic rings. The Bertz CT molecular complexity index is 78.0. The summed E-state index contributed by atoms with van der Waals surface area (Å²) in [6, 6.07) is 0. The molecule has 0 aliphatic carbocycles. The maximum absolute atomic E-state index is 2.25. The molecule has 0 atom stereocenters. The van der Waals surface area contributed by atoms with E-state index in [1.165, 1.54) is 38.5 Å². The van der Waals surface area contributed by atoms with Crippen LogP contribution >= 0.6 is 0 Å². The highest BCUT2D eigenvalue weighted by Gasteiger charge is 1.80. The van der Waals surface area contributed by atoms with Gasteiger partial charge in [-0.2, -0.15) is 0 Å². The van der Waals surface area contributed by atoms with Crippen LogP contribution in [0.3, 0.4) is 0 Å². The van der Waals surface area contributed by atoms with Gasteiger partial charge in [0, 0.05) is 0 Å². The van der Waals surface area contributed by atoms with Gasteiger partial charge in [-0.15, -0.1) is 0 Å². The van der Waals surface area contributed by atoms with Gasteiger partial charge in [0.25, 0.3) is 0 Å². The van der Waals surface area contributed by atoms with E-state index in [4.69, 9.17) is 0 Å². The molecule has 0 fully saturated rings. The fourth-order valence-corrected chi connectivity index (χ4v) is 0.912. The van der Waals surface area contributed by atoms with Crippen LogP contribution in [0, 0.1) is 0 Å². The molecule has 0 aliphatic heterocycles. The van der Waals surface area contributed by atoms with Crippen LogP contribution in [-0.4, -0.2) is 0 Å². The minimum Gasteiger partial charge on any atom is -0.0917 e. The standard InChI is InChI=1S/C7H16.C5H10.C3H8.3C2H6/c1-3-5-7-6-4-2;1-3-5-4-2;1-3-2;3*1-2/h3-7H2,1-2H3;3,5H,4H2,1-2H3;3H2,1-2H3;3*1-2H3. The first kappa shape index (κ1) is 37.2. The third-order valence-electron chi connectivity index (χ3n) is 1.68. The van der Waals surface area contributed by atoms with Crippen LogP contribution in [0.4, 0.5) is 0 Å². The zero-order valence-electron chi connectivity index (χ0n) is 18.1. The van der Waals surface area contributed by atoms with Gasteiger partial charge >= 0.3 is 0 Å². The fraction of sp³-hybridized carbons (Fsp3) is 0.905. The summed E-state index contributed by atoms with van der Waals surface area (Å²) in [5, 5.41) is 0. The van der Waals surface area contributed by atoms with Crippen LogP contribution in [0.5, 0.6) is 0 Å². The molecule has 21 heavy (non-hydrogen) atoms. The van der Waals surface area contributed by atoms with Gasteiger partial charge in [-0.25, -0.2) is 0 Å². The second kappa shape index (κ2) is 90.8. The van der Waals surface area contributed by atoms with Crippen molar-refractivity contribution >= 4 is 0 Å². The van der Waals surface area contributed by atoms with Gasteiger partial charge in [0.05, 0.1) is 0 Å². The van der Waals surface area contributed by atoms with Crippen molar-refractivity contribution in [2.75, 3.05) is 0 Å². The van der Waals surface area contributed by atoms with E-state index < -0.39 is 0 Å². The first-order valence-corrected chi connectivity index (χ1v) is 9.85. The summed E-state index contributed by atoms with van der Waals surface area (Å²) in [6.07, 6.45) is 13.6. The van der Waals surface area contributed by atoms with Crippen LogP contribution in [0.25, 0.3) is 0 Å². The zero-order valence-corrected chi connectivity index (χ0v) is 18.1. The van der Waals surface area contributed by atoms with Crippen molar-refractivity contribution in [3.05, 3.63) is 12.2 Å². The van der Waals surface area contributed by atoms with Crippen molar-refractivity contribution in [1.82, 2.24) is 0 Å². The monoisotopic (exact) mass is 304 g/mol. The van der Waals surface area contributed by atoms with E-state index in [2.05, 4.69) is 46.8 Å². The molecule has 0 N–H and O–H groups in total. The molecule has 136 valence electrons. The third-order valence-corrected chi connectivity index (χ3v) is 1.68. The Labute approximate surface area is 140 Å². The highest BCUT2D eigenvalue weighted by molar-refractivity contribution is 4.73. The van der Waals surface area contributed by atoms with E-state index in [0.29, 0.717) is 0 Å². The predicted octanol–water partition coefficient (Wildman–Crippen LogP) is 9.44. The molecule has 0 saturated heterocycles. The van der Waals surface area contributed by atoms with E-state index in [1.807, 2.05) is 48.5 Å². The Morgan fingerprint density at radius 3 is 0.952 bits per heavy atom. The Hall–Kier alpha value is -0.260. The Morgan fingerprint density at radius 1 is 0.571 bits per heavy atom. The van der Waals surface area contributed by atoms with Crippen molar-refractivity contribution in [3.8, 4) is 0 Å². The van der Waals surface area contributed by atoms with Gasteiger partial charge in [-0.05, 0) is 13.3 Å². The molecule has 0 aromatic heterocycles. The quantitative estimate of drug-likeness (QED) is 0.350. The van der Waals surface area contributed by atoms with Crippen molar-refractivity contribution in [1.29, 1.82) is 0 Å². The van der Waals surface area contributed by atoms with Crippen LogP contribution in [0.15, 0.2) is 12.2 Å². The molecular weight excluding hydrogens is 252 g/mol. The summed E-state index contributed by atoms with van der Waals surface area (Å²) in [7, 11) is 0. The minimum absolute atomic E-state index is 1.16. The molecule has 0 aromatic carbocycles. The summed E-state index contributed by atoms with van der Waals surface area (Å²) in [5.74, 6) is 0. The van der Waals surface area contributed by atoms with Crippen LogP contribution in [-0.2, 0) is 0 Å². The van der Waals surface area contributed by atoms with Gasteiger partial charge < -0.3 is 0 Å². The van der Waals surface area contributed by atoms with Crippen LogP contribution < -0.4 is 0 Å². The molecule has 0 bridgehead atoms. The Kier molecular flexibility index (Phi) is 161. The van der Waals surface area contributed by atoms with Gasteiger partial charge in [0.1, 0.15) is 0 Å². The summed E-state index contributed by atoms with van der Waals surface area (Å²) >= 11 is 0. The fourth-order valence-electron chi connectivity index (χ4n) is 0.912. The summed E-state index contributed by atoms with van der Waals surface area (Å²) in [4.78, 5) is 0. The molecule has 0 aliphatic rings. The molecule has 0 saturated carbocycles. The van der Waals surface area contributed by atoms with Crippen LogP contribution in [0.1, 0.15) is 128 Å². The second-order valence-electron chi connectivity index (χ2n) is 3.75. The highest BCUT2D eigenvalue weighted by Crippen LogP contribution is 2.00. The van der Waals surface area contributed by atoms with E-state index in [1.54, 1.807) is 0 Å². The lowest BCUT2D eigenvalue weighted by atomic mass is 10.2. The second-order valence-corrected chi connectivity index (χ2v) is 3.75.